The maximum Gasteiger partial charge on any atom is 0.265 e. The molecule has 1 N–H and O–H groups in total. The molecule has 1 aromatic rings. The van der Waals surface area contributed by atoms with E-state index in [0.717, 1.165) is 4.90 Å². The van der Waals surface area contributed by atoms with Crippen molar-refractivity contribution in [1.82, 2.24) is 10.2 Å². The molecule has 0 spiro atoms. The highest BCUT2D eigenvalue weighted by Crippen LogP contribution is 2.35. The van der Waals surface area contributed by atoms with Crippen LogP contribution in [0.15, 0.2) is 53.5 Å². The van der Waals surface area contributed by atoms with Crippen molar-refractivity contribution in [3.63, 3.8) is 0 Å². The molecule has 0 aliphatic carbocycles. The van der Waals surface area contributed by atoms with E-state index in [0.29, 0.717) is 5.02 Å². The molecular formula is C17H17ClN2O2S2. The minimum atomic E-state index is -0.477. The highest BCUT2D eigenvalue weighted by molar-refractivity contribution is 8.00. The van der Waals surface area contributed by atoms with Gasteiger partial charge in [0.1, 0.15) is 5.57 Å². The van der Waals surface area contributed by atoms with E-state index >= 15 is 0 Å². The van der Waals surface area contributed by atoms with Crippen LogP contribution in [0, 0.1) is 0 Å². The van der Waals surface area contributed by atoms with Crippen molar-refractivity contribution in [2.24, 2.45) is 0 Å². The van der Waals surface area contributed by atoms with Crippen LogP contribution in [0.5, 0.6) is 0 Å². The van der Waals surface area contributed by atoms with Gasteiger partial charge in [0.15, 0.2) is 5.11 Å². The monoisotopic (exact) mass is 380 g/mol. The van der Waals surface area contributed by atoms with Crippen molar-refractivity contribution >= 4 is 52.5 Å². The van der Waals surface area contributed by atoms with E-state index in [9.17, 15) is 9.59 Å². The molecule has 1 heterocycles. The minimum Gasteiger partial charge on any atom is -0.298 e. The van der Waals surface area contributed by atoms with Crippen LogP contribution in [0.4, 0.5) is 0 Å². The fourth-order valence-corrected chi connectivity index (χ4v) is 3.60. The first-order valence-corrected chi connectivity index (χ1v) is 8.79. The number of nitrogens with zero attached hydrogens (tertiary/aromatic N) is 1. The first-order chi connectivity index (χ1) is 11.2. The molecule has 7 heteroatoms. The maximum absolute atomic E-state index is 12.5. The first kappa shape index (κ1) is 18.7. The number of hydrogen-bond acceptors (Lipinski definition) is 4. The van der Waals surface area contributed by atoms with Crippen molar-refractivity contribution < 1.29 is 9.59 Å². The minimum absolute atomic E-state index is 0.0805. The zero-order chi connectivity index (χ0) is 17.9. The number of rotatable bonds is 5. The lowest BCUT2D eigenvalue weighted by Crippen LogP contribution is -2.54. The van der Waals surface area contributed by atoms with Crippen LogP contribution in [0.2, 0.25) is 5.02 Å². The molecule has 1 fully saturated rings. The van der Waals surface area contributed by atoms with Crippen LogP contribution in [0.1, 0.15) is 13.8 Å². The summed E-state index contributed by atoms with van der Waals surface area (Å²) in [6.07, 6.45) is 3.23. The van der Waals surface area contributed by atoms with Gasteiger partial charge in [-0.2, -0.15) is 0 Å². The summed E-state index contributed by atoms with van der Waals surface area (Å²) in [7, 11) is 0. The zero-order valence-corrected chi connectivity index (χ0v) is 15.7. The number of thioether (sulfide) groups is 1. The Morgan fingerprint density at radius 3 is 2.54 bits per heavy atom. The van der Waals surface area contributed by atoms with Gasteiger partial charge in [0.25, 0.3) is 11.8 Å². The Bertz CT molecular complexity index is 727. The van der Waals surface area contributed by atoms with Crippen LogP contribution < -0.4 is 5.32 Å². The van der Waals surface area contributed by atoms with Crippen molar-refractivity contribution in [3.8, 4) is 0 Å². The quantitative estimate of drug-likeness (QED) is 0.279. The number of carbonyl (C=O) groups excluding carboxylic acids is 2. The molecule has 1 saturated heterocycles. The SMILES string of the molecule is C=CCN1C(=O)C(=CC(C)(C)Sc2ccc(Cl)cc2)C(=O)NC1=S. The molecule has 126 valence electrons. The van der Waals surface area contributed by atoms with E-state index in [1.54, 1.807) is 24.3 Å². The molecular weight excluding hydrogens is 364 g/mol. The number of thiocarbonyl (C=S) groups is 1. The van der Waals surface area contributed by atoms with E-state index in [1.807, 2.05) is 26.0 Å². The molecule has 1 aliphatic heterocycles. The summed E-state index contributed by atoms with van der Waals surface area (Å²) >= 11 is 12.5. The van der Waals surface area contributed by atoms with Gasteiger partial charge in [-0.1, -0.05) is 23.8 Å². The molecule has 0 unspecified atom stereocenters. The first-order valence-electron chi connectivity index (χ1n) is 7.19. The molecule has 0 saturated carbocycles. The largest absolute Gasteiger partial charge is 0.298 e. The fourth-order valence-electron chi connectivity index (χ4n) is 2.17. The predicted octanol–water partition coefficient (Wildman–Crippen LogP) is 3.57. The van der Waals surface area contributed by atoms with Crippen molar-refractivity contribution in [1.29, 1.82) is 0 Å². The van der Waals surface area contributed by atoms with Gasteiger partial charge in [-0.15, -0.1) is 18.3 Å². The number of carbonyl (C=O) groups is 2. The Balaban J connectivity index is 2.27. The molecule has 0 aromatic heterocycles. The lowest BCUT2D eigenvalue weighted by atomic mass is 10.1. The lowest BCUT2D eigenvalue weighted by molar-refractivity contribution is -0.128. The van der Waals surface area contributed by atoms with Crippen LogP contribution in [-0.2, 0) is 9.59 Å². The summed E-state index contributed by atoms with van der Waals surface area (Å²) in [5.74, 6) is -0.886. The lowest BCUT2D eigenvalue weighted by Gasteiger charge is -2.29. The molecule has 2 amide bonds. The van der Waals surface area contributed by atoms with Gasteiger partial charge in [-0.3, -0.25) is 19.8 Å². The van der Waals surface area contributed by atoms with E-state index in [1.165, 1.54) is 16.7 Å². The Hall–Kier alpha value is -1.63. The van der Waals surface area contributed by atoms with Crippen molar-refractivity contribution in [2.75, 3.05) is 6.54 Å². The van der Waals surface area contributed by atoms with Crippen LogP contribution in [-0.4, -0.2) is 33.1 Å². The van der Waals surface area contributed by atoms with Gasteiger partial charge in [-0.05, 0) is 50.3 Å². The second kappa shape index (κ2) is 7.51. The average molecular weight is 381 g/mol. The molecule has 0 bridgehead atoms. The van der Waals surface area contributed by atoms with E-state index in [-0.39, 0.29) is 17.2 Å². The standard InChI is InChI=1S/C17H17ClN2O2S2/c1-4-9-20-15(22)13(14(21)19-16(20)23)10-17(2,3)24-12-7-5-11(18)6-8-12/h4-8,10H,1,9H2,2-3H3,(H,19,21,23). The average Bonchev–Trinajstić information content (AvgIpc) is 2.50. The van der Waals surface area contributed by atoms with Crippen LogP contribution >= 0.6 is 35.6 Å². The van der Waals surface area contributed by atoms with Crippen molar-refractivity contribution in [2.45, 2.75) is 23.5 Å². The third-order valence-corrected chi connectivity index (χ3v) is 4.91. The summed E-state index contributed by atoms with van der Waals surface area (Å²) in [6, 6.07) is 7.40. The number of halogens is 1. The summed E-state index contributed by atoms with van der Waals surface area (Å²) in [6.45, 7) is 7.72. The number of hydrogen-bond donors (Lipinski definition) is 1. The van der Waals surface area contributed by atoms with Crippen LogP contribution in [0.3, 0.4) is 0 Å². The molecule has 24 heavy (non-hydrogen) atoms. The summed E-state index contributed by atoms with van der Waals surface area (Å²) < 4.78 is -0.477. The third kappa shape index (κ3) is 4.47. The van der Waals surface area contributed by atoms with E-state index in [4.69, 9.17) is 23.8 Å². The molecule has 2 rings (SSSR count). The number of benzene rings is 1. The van der Waals surface area contributed by atoms with E-state index in [2.05, 4.69) is 11.9 Å². The molecule has 0 atom stereocenters. The smallest absolute Gasteiger partial charge is 0.265 e. The predicted molar refractivity (Wildman–Crippen MR) is 102 cm³/mol. The van der Waals surface area contributed by atoms with Gasteiger partial charge in [0, 0.05) is 21.2 Å². The molecule has 1 aromatic carbocycles. The highest BCUT2D eigenvalue weighted by Gasteiger charge is 2.34. The topological polar surface area (TPSA) is 49.4 Å². The zero-order valence-electron chi connectivity index (χ0n) is 13.3. The normalized spacial score (nSPS) is 17.2. The van der Waals surface area contributed by atoms with Gasteiger partial charge < -0.3 is 0 Å². The molecule has 4 nitrogen and oxygen atoms in total. The van der Waals surface area contributed by atoms with Gasteiger partial charge in [-0.25, -0.2) is 0 Å². The molecule has 1 aliphatic rings. The maximum atomic E-state index is 12.5. The Morgan fingerprint density at radius 1 is 1.33 bits per heavy atom. The summed E-state index contributed by atoms with van der Waals surface area (Å²) in [4.78, 5) is 27.0. The fraction of sp³-hybridized carbons (Fsp3) is 0.235. The van der Waals surface area contributed by atoms with Gasteiger partial charge in [0.2, 0.25) is 0 Å². The second-order valence-corrected chi connectivity index (χ2v) is 8.23. The third-order valence-electron chi connectivity index (χ3n) is 3.18. The molecule has 0 radical (unpaired) electrons. The number of amides is 2. The highest BCUT2D eigenvalue weighted by atomic mass is 35.5. The Morgan fingerprint density at radius 2 is 1.96 bits per heavy atom. The summed E-state index contributed by atoms with van der Waals surface area (Å²) in [5, 5.41) is 3.30. The van der Waals surface area contributed by atoms with Crippen molar-refractivity contribution in [3.05, 3.63) is 53.6 Å². The van der Waals surface area contributed by atoms with Gasteiger partial charge >= 0.3 is 0 Å². The van der Waals surface area contributed by atoms with Gasteiger partial charge in [0.05, 0.1) is 0 Å². The Labute approximate surface area is 155 Å². The second-order valence-electron chi connectivity index (χ2n) is 5.68. The van der Waals surface area contributed by atoms with E-state index < -0.39 is 16.6 Å². The summed E-state index contributed by atoms with van der Waals surface area (Å²) in [5.41, 5.74) is 0.0805. The Kier molecular flexibility index (Phi) is 5.85. The number of nitrogens with one attached hydrogen (secondary N) is 1. The van der Waals surface area contributed by atoms with Crippen LogP contribution in [0.25, 0.3) is 0 Å².